The van der Waals surface area contributed by atoms with Crippen LogP contribution in [0.5, 0.6) is 11.5 Å². The zero-order valence-electron chi connectivity index (χ0n) is 17.9. The molecule has 9 heteroatoms. The molecule has 4 amide bonds. The van der Waals surface area contributed by atoms with Crippen molar-refractivity contribution >= 4 is 61.5 Å². The van der Waals surface area contributed by atoms with Crippen LogP contribution in [0, 0.1) is 0 Å². The molecule has 1 aliphatic heterocycles. The fourth-order valence-corrected chi connectivity index (χ4v) is 4.48. The molecule has 172 valence electrons. The summed E-state index contributed by atoms with van der Waals surface area (Å²) >= 11 is 6.94. The van der Waals surface area contributed by atoms with Gasteiger partial charge >= 0.3 is 6.03 Å². The topological polar surface area (TPSA) is 84.9 Å². The Morgan fingerprint density at radius 2 is 1.71 bits per heavy atom. The van der Waals surface area contributed by atoms with E-state index in [1.54, 1.807) is 48.5 Å². The molecule has 1 saturated heterocycles. The largest absolute Gasteiger partial charge is 0.493 e. The van der Waals surface area contributed by atoms with Gasteiger partial charge in [-0.1, -0.05) is 62.2 Å². The van der Waals surface area contributed by atoms with Crippen molar-refractivity contribution in [3.05, 3.63) is 92.4 Å². The number of benzene rings is 3. The number of barbiturate groups is 1. The Kier molecular flexibility index (Phi) is 7.14. The number of imide groups is 2. The van der Waals surface area contributed by atoms with Gasteiger partial charge in [0.2, 0.25) is 0 Å². The Labute approximate surface area is 212 Å². The number of carbonyl (C=O) groups excluding carboxylic acids is 3. The minimum Gasteiger partial charge on any atom is -0.493 e. The monoisotopic (exact) mass is 584 g/mol. The summed E-state index contributed by atoms with van der Waals surface area (Å²) in [7, 11) is 1.50. The van der Waals surface area contributed by atoms with Crippen LogP contribution in [-0.2, 0) is 16.2 Å². The van der Waals surface area contributed by atoms with E-state index in [1.165, 1.54) is 13.2 Å². The Morgan fingerprint density at radius 3 is 2.41 bits per heavy atom. The zero-order chi connectivity index (χ0) is 24.2. The highest BCUT2D eigenvalue weighted by atomic mass is 79.9. The lowest BCUT2D eigenvalue weighted by atomic mass is 10.1. The molecule has 0 spiro atoms. The van der Waals surface area contributed by atoms with Crippen molar-refractivity contribution in [1.29, 1.82) is 0 Å². The summed E-state index contributed by atoms with van der Waals surface area (Å²) in [4.78, 5) is 38.6. The van der Waals surface area contributed by atoms with Gasteiger partial charge in [-0.2, -0.15) is 0 Å². The van der Waals surface area contributed by atoms with Crippen molar-refractivity contribution in [1.82, 2.24) is 5.32 Å². The summed E-state index contributed by atoms with van der Waals surface area (Å²) in [6.07, 6.45) is 1.41. The molecular formula is C25H18Br2N2O5. The number of anilines is 1. The predicted octanol–water partition coefficient (Wildman–Crippen LogP) is 5.47. The number of methoxy groups -OCH3 is 1. The van der Waals surface area contributed by atoms with Gasteiger partial charge in [-0.3, -0.25) is 14.9 Å². The molecule has 1 fully saturated rings. The number of urea groups is 1. The molecule has 1 heterocycles. The maximum atomic E-state index is 13.0. The molecule has 4 rings (SSSR count). The van der Waals surface area contributed by atoms with Crippen LogP contribution >= 0.6 is 31.9 Å². The van der Waals surface area contributed by atoms with Crippen molar-refractivity contribution in [2.45, 2.75) is 6.61 Å². The maximum absolute atomic E-state index is 13.0. The third kappa shape index (κ3) is 5.05. The van der Waals surface area contributed by atoms with Crippen molar-refractivity contribution in [3.63, 3.8) is 0 Å². The van der Waals surface area contributed by atoms with E-state index in [0.717, 1.165) is 19.4 Å². The standard InChI is InChI=1S/C25H18Br2N2O5/c1-33-22-12-15(7-10-21(22)34-14-16-8-9-17(26)13-20(16)27)11-19-23(30)28-25(32)29(24(19)31)18-5-3-2-4-6-18/h2-13H,14H2,1H3,(H,28,30,32)/b19-11+. The van der Waals surface area contributed by atoms with Gasteiger partial charge in [0.05, 0.1) is 12.8 Å². The summed E-state index contributed by atoms with van der Waals surface area (Å²) in [5.74, 6) is -0.539. The summed E-state index contributed by atoms with van der Waals surface area (Å²) in [6.45, 7) is 0.305. The summed E-state index contributed by atoms with van der Waals surface area (Å²) < 4.78 is 13.2. The number of halogens is 2. The van der Waals surface area contributed by atoms with Gasteiger partial charge in [0, 0.05) is 14.5 Å². The molecule has 0 bridgehead atoms. The van der Waals surface area contributed by atoms with E-state index in [-0.39, 0.29) is 5.57 Å². The number of ether oxygens (including phenoxy) is 2. The fraction of sp³-hybridized carbons (Fsp3) is 0.0800. The van der Waals surface area contributed by atoms with Crippen molar-refractivity contribution in [3.8, 4) is 11.5 Å². The minimum atomic E-state index is -0.793. The summed E-state index contributed by atoms with van der Waals surface area (Å²) in [5, 5.41) is 2.21. The second kappa shape index (κ2) is 10.2. The molecule has 7 nitrogen and oxygen atoms in total. The number of para-hydroxylation sites is 1. The summed E-state index contributed by atoms with van der Waals surface area (Å²) in [5.41, 5.74) is 1.68. The number of hydrogen-bond donors (Lipinski definition) is 1. The third-order valence-corrected chi connectivity index (χ3v) is 6.24. The molecule has 1 aliphatic rings. The second-order valence-corrected chi connectivity index (χ2v) is 9.00. The van der Waals surface area contributed by atoms with E-state index in [9.17, 15) is 14.4 Å². The lowest BCUT2D eigenvalue weighted by Gasteiger charge is -2.26. The summed E-state index contributed by atoms with van der Waals surface area (Å²) in [6, 6.07) is 18.4. The molecule has 3 aromatic rings. The molecular weight excluding hydrogens is 568 g/mol. The maximum Gasteiger partial charge on any atom is 0.335 e. The number of amides is 4. The van der Waals surface area contributed by atoms with Gasteiger partial charge in [-0.15, -0.1) is 0 Å². The van der Waals surface area contributed by atoms with Gasteiger partial charge in [0.25, 0.3) is 11.8 Å². The lowest BCUT2D eigenvalue weighted by molar-refractivity contribution is -0.122. The van der Waals surface area contributed by atoms with Gasteiger partial charge in [0.1, 0.15) is 12.2 Å². The quantitative estimate of drug-likeness (QED) is 0.306. The number of nitrogens with one attached hydrogen (secondary N) is 1. The molecule has 0 unspecified atom stereocenters. The third-order valence-electron chi connectivity index (χ3n) is 5.01. The second-order valence-electron chi connectivity index (χ2n) is 7.23. The lowest BCUT2D eigenvalue weighted by Crippen LogP contribution is -2.54. The van der Waals surface area contributed by atoms with Crippen LogP contribution in [0.25, 0.3) is 6.08 Å². The van der Waals surface area contributed by atoms with Gasteiger partial charge < -0.3 is 9.47 Å². The van der Waals surface area contributed by atoms with Crippen molar-refractivity contribution < 1.29 is 23.9 Å². The number of nitrogens with zero attached hydrogens (tertiary/aromatic N) is 1. The van der Waals surface area contributed by atoms with Gasteiger partial charge in [0.15, 0.2) is 11.5 Å². The fourth-order valence-electron chi connectivity index (χ4n) is 3.32. The first-order valence-corrected chi connectivity index (χ1v) is 11.7. The highest BCUT2D eigenvalue weighted by molar-refractivity contribution is 9.11. The first-order valence-electron chi connectivity index (χ1n) is 10.1. The van der Waals surface area contributed by atoms with Crippen LogP contribution in [0.2, 0.25) is 0 Å². The molecule has 0 aromatic heterocycles. The molecule has 34 heavy (non-hydrogen) atoms. The molecule has 1 N–H and O–H groups in total. The van der Waals surface area contributed by atoms with E-state index in [4.69, 9.17) is 9.47 Å². The van der Waals surface area contributed by atoms with Crippen LogP contribution in [0.1, 0.15) is 11.1 Å². The number of rotatable bonds is 6. The van der Waals surface area contributed by atoms with Gasteiger partial charge in [-0.05, 0) is 48.0 Å². The smallest absolute Gasteiger partial charge is 0.335 e. The van der Waals surface area contributed by atoms with E-state index >= 15 is 0 Å². The molecule has 0 radical (unpaired) electrons. The van der Waals surface area contributed by atoms with E-state index in [1.807, 2.05) is 18.2 Å². The molecule has 3 aromatic carbocycles. The van der Waals surface area contributed by atoms with Crippen molar-refractivity contribution in [2.24, 2.45) is 0 Å². The first kappa shape index (κ1) is 23.7. The Hall–Kier alpha value is -3.43. The highest BCUT2D eigenvalue weighted by Gasteiger charge is 2.36. The zero-order valence-corrected chi connectivity index (χ0v) is 21.1. The average Bonchev–Trinajstić information content (AvgIpc) is 2.82. The van der Waals surface area contributed by atoms with Crippen LogP contribution in [-0.4, -0.2) is 25.0 Å². The Morgan fingerprint density at radius 1 is 0.941 bits per heavy atom. The number of hydrogen-bond acceptors (Lipinski definition) is 5. The van der Waals surface area contributed by atoms with Crippen LogP contribution in [0.15, 0.2) is 81.2 Å². The van der Waals surface area contributed by atoms with E-state index in [2.05, 4.69) is 37.2 Å². The van der Waals surface area contributed by atoms with E-state index in [0.29, 0.717) is 29.4 Å². The SMILES string of the molecule is COc1cc(/C=C2\C(=O)NC(=O)N(c3ccccc3)C2=O)ccc1OCc1ccc(Br)cc1Br. The van der Waals surface area contributed by atoms with Gasteiger partial charge in [-0.25, -0.2) is 9.69 Å². The van der Waals surface area contributed by atoms with Crippen molar-refractivity contribution in [2.75, 3.05) is 12.0 Å². The Balaban J connectivity index is 1.59. The van der Waals surface area contributed by atoms with Crippen LogP contribution < -0.4 is 19.7 Å². The first-order chi connectivity index (χ1) is 16.4. The average molecular weight is 586 g/mol. The number of carbonyl (C=O) groups is 3. The molecule has 0 atom stereocenters. The Bertz CT molecular complexity index is 1310. The van der Waals surface area contributed by atoms with Crippen LogP contribution in [0.4, 0.5) is 10.5 Å². The predicted molar refractivity (Wildman–Crippen MR) is 135 cm³/mol. The molecule has 0 aliphatic carbocycles. The molecule has 0 saturated carbocycles. The highest BCUT2D eigenvalue weighted by Crippen LogP contribution is 2.31. The van der Waals surface area contributed by atoms with Crippen LogP contribution in [0.3, 0.4) is 0 Å². The van der Waals surface area contributed by atoms with E-state index < -0.39 is 17.8 Å². The normalized spacial score (nSPS) is 14.9. The minimum absolute atomic E-state index is 0.169.